The first-order valence-electron chi connectivity index (χ1n) is 7.40. The van der Waals surface area contributed by atoms with Crippen LogP contribution in [0, 0.1) is 11.3 Å². The SMILES string of the molecule is CN1CCN2CCN(C(=O)c3ccccc3C#N)C[C@@H]2C1. The highest BCUT2D eigenvalue weighted by Gasteiger charge is 2.33. The molecule has 1 aromatic rings. The topological polar surface area (TPSA) is 50.6 Å². The molecular weight excluding hydrogens is 264 g/mol. The highest BCUT2D eigenvalue weighted by molar-refractivity contribution is 5.96. The van der Waals surface area contributed by atoms with Crippen molar-refractivity contribution < 1.29 is 4.79 Å². The molecule has 3 rings (SSSR count). The van der Waals surface area contributed by atoms with Crippen molar-refractivity contribution in [2.24, 2.45) is 0 Å². The number of benzene rings is 1. The van der Waals surface area contributed by atoms with E-state index in [9.17, 15) is 4.79 Å². The lowest BCUT2D eigenvalue weighted by atomic mass is 10.0. The van der Waals surface area contributed by atoms with E-state index in [1.807, 2.05) is 11.0 Å². The molecule has 1 amide bonds. The molecule has 2 aliphatic rings. The van der Waals surface area contributed by atoms with Gasteiger partial charge >= 0.3 is 0 Å². The number of hydrogen-bond acceptors (Lipinski definition) is 4. The average Bonchev–Trinajstić information content (AvgIpc) is 2.53. The van der Waals surface area contributed by atoms with Crippen molar-refractivity contribution >= 4 is 5.91 Å². The lowest BCUT2D eigenvalue weighted by Crippen LogP contribution is -2.62. The fraction of sp³-hybridized carbons (Fsp3) is 0.500. The highest BCUT2D eigenvalue weighted by atomic mass is 16.2. The van der Waals surface area contributed by atoms with E-state index in [0.717, 1.165) is 39.3 Å². The van der Waals surface area contributed by atoms with E-state index in [1.165, 1.54) is 0 Å². The van der Waals surface area contributed by atoms with Crippen LogP contribution in [0.1, 0.15) is 15.9 Å². The molecule has 5 heteroatoms. The maximum absolute atomic E-state index is 12.7. The van der Waals surface area contributed by atoms with Crippen molar-refractivity contribution in [1.82, 2.24) is 14.7 Å². The Bertz CT molecular complexity index is 580. The first-order chi connectivity index (χ1) is 10.2. The molecule has 0 radical (unpaired) electrons. The first kappa shape index (κ1) is 14.1. The number of rotatable bonds is 1. The van der Waals surface area contributed by atoms with Gasteiger partial charge in [-0.2, -0.15) is 5.26 Å². The molecule has 110 valence electrons. The number of amides is 1. The Morgan fingerprint density at radius 1 is 1.19 bits per heavy atom. The lowest BCUT2D eigenvalue weighted by molar-refractivity contribution is 0.0190. The number of carbonyl (C=O) groups is 1. The van der Waals surface area contributed by atoms with E-state index in [-0.39, 0.29) is 5.91 Å². The summed E-state index contributed by atoms with van der Waals surface area (Å²) in [6, 6.07) is 9.60. The first-order valence-corrected chi connectivity index (χ1v) is 7.40. The van der Waals surface area contributed by atoms with E-state index in [0.29, 0.717) is 17.2 Å². The third-order valence-electron chi connectivity index (χ3n) is 4.46. The molecule has 0 aliphatic carbocycles. The molecule has 2 saturated heterocycles. The molecule has 0 aromatic heterocycles. The summed E-state index contributed by atoms with van der Waals surface area (Å²) in [7, 11) is 2.13. The number of nitriles is 1. The second-order valence-electron chi connectivity index (χ2n) is 5.86. The number of fused-ring (bicyclic) bond motifs is 1. The molecule has 0 unspecified atom stereocenters. The molecule has 1 atom stereocenters. The van der Waals surface area contributed by atoms with Gasteiger partial charge in [0.2, 0.25) is 0 Å². The van der Waals surface area contributed by atoms with Crippen LogP contribution in [0.3, 0.4) is 0 Å². The predicted octanol–water partition coefficient (Wildman–Crippen LogP) is 0.630. The molecule has 2 aliphatic heterocycles. The second-order valence-corrected chi connectivity index (χ2v) is 5.86. The normalized spacial score (nSPS) is 23.4. The number of piperazine rings is 2. The van der Waals surface area contributed by atoms with E-state index in [2.05, 4.69) is 22.9 Å². The molecule has 0 saturated carbocycles. The van der Waals surface area contributed by atoms with E-state index in [4.69, 9.17) is 5.26 Å². The summed E-state index contributed by atoms with van der Waals surface area (Å²) in [5.41, 5.74) is 0.989. The van der Waals surface area contributed by atoms with Crippen LogP contribution in [0.25, 0.3) is 0 Å². The van der Waals surface area contributed by atoms with Gasteiger partial charge < -0.3 is 9.80 Å². The summed E-state index contributed by atoms with van der Waals surface area (Å²) >= 11 is 0. The minimum absolute atomic E-state index is 0.0139. The zero-order valence-corrected chi connectivity index (χ0v) is 12.3. The monoisotopic (exact) mass is 284 g/mol. The van der Waals surface area contributed by atoms with Crippen molar-refractivity contribution in [2.75, 3.05) is 46.3 Å². The standard InChI is InChI=1S/C16H20N4O/c1-18-6-7-19-8-9-20(12-14(19)11-18)16(21)15-5-3-2-4-13(15)10-17/h2-5,14H,6-9,11-12H2,1H3/t14-/m0/s1. The Hall–Kier alpha value is -1.90. The molecule has 5 nitrogen and oxygen atoms in total. The quantitative estimate of drug-likeness (QED) is 0.759. The van der Waals surface area contributed by atoms with E-state index in [1.54, 1.807) is 18.2 Å². The Kier molecular flexibility index (Phi) is 3.91. The van der Waals surface area contributed by atoms with E-state index < -0.39 is 0 Å². The molecule has 0 bridgehead atoms. The Morgan fingerprint density at radius 2 is 1.95 bits per heavy atom. The Morgan fingerprint density at radius 3 is 2.76 bits per heavy atom. The van der Waals surface area contributed by atoms with Gasteiger partial charge in [-0.05, 0) is 19.2 Å². The van der Waals surface area contributed by atoms with Crippen LogP contribution in [0.5, 0.6) is 0 Å². The maximum atomic E-state index is 12.7. The van der Waals surface area contributed by atoms with Crippen molar-refractivity contribution in [2.45, 2.75) is 6.04 Å². The lowest BCUT2D eigenvalue weighted by Gasteiger charge is -2.46. The third-order valence-corrected chi connectivity index (χ3v) is 4.46. The van der Waals surface area contributed by atoms with Crippen molar-refractivity contribution in [3.8, 4) is 6.07 Å². The summed E-state index contributed by atoms with van der Waals surface area (Å²) in [6.45, 7) is 5.62. The summed E-state index contributed by atoms with van der Waals surface area (Å²) in [5, 5.41) is 9.15. The van der Waals surface area contributed by atoms with Crippen LogP contribution in [0.2, 0.25) is 0 Å². The van der Waals surface area contributed by atoms with Gasteiger partial charge in [0.05, 0.1) is 17.2 Å². The van der Waals surface area contributed by atoms with Gasteiger partial charge in [-0.25, -0.2) is 0 Å². The molecule has 0 spiro atoms. The zero-order chi connectivity index (χ0) is 14.8. The highest BCUT2D eigenvalue weighted by Crippen LogP contribution is 2.18. The molecule has 1 aromatic carbocycles. The van der Waals surface area contributed by atoms with Crippen LogP contribution in [-0.2, 0) is 0 Å². The number of hydrogen-bond donors (Lipinski definition) is 0. The summed E-state index contributed by atoms with van der Waals surface area (Å²) in [4.78, 5) is 19.4. The van der Waals surface area contributed by atoms with Crippen molar-refractivity contribution in [1.29, 1.82) is 5.26 Å². The van der Waals surface area contributed by atoms with Gasteiger partial charge in [-0.1, -0.05) is 12.1 Å². The van der Waals surface area contributed by atoms with Crippen LogP contribution in [0.15, 0.2) is 24.3 Å². The van der Waals surface area contributed by atoms with Crippen LogP contribution < -0.4 is 0 Å². The fourth-order valence-corrected chi connectivity index (χ4v) is 3.23. The largest absolute Gasteiger partial charge is 0.336 e. The van der Waals surface area contributed by atoms with Crippen molar-refractivity contribution in [3.63, 3.8) is 0 Å². The van der Waals surface area contributed by atoms with E-state index >= 15 is 0 Å². The Balaban J connectivity index is 1.75. The number of carbonyl (C=O) groups excluding carboxylic acids is 1. The van der Waals surface area contributed by atoms with Gasteiger partial charge in [-0.15, -0.1) is 0 Å². The van der Waals surface area contributed by atoms with Crippen LogP contribution in [0.4, 0.5) is 0 Å². The Labute approximate surface area is 125 Å². The summed E-state index contributed by atoms with van der Waals surface area (Å²) < 4.78 is 0. The molecule has 21 heavy (non-hydrogen) atoms. The summed E-state index contributed by atoms with van der Waals surface area (Å²) in [6.07, 6.45) is 0. The molecule has 0 N–H and O–H groups in total. The van der Waals surface area contributed by atoms with Crippen molar-refractivity contribution in [3.05, 3.63) is 35.4 Å². The van der Waals surface area contributed by atoms with Gasteiger partial charge in [0, 0.05) is 45.3 Å². The number of likely N-dealkylation sites (N-methyl/N-ethyl adjacent to an activating group) is 1. The molecular formula is C16H20N4O. The summed E-state index contributed by atoms with van der Waals surface area (Å²) in [5.74, 6) is -0.0139. The smallest absolute Gasteiger partial charge is 0.255 e. The minimum atomic E-state index is -0.0139. The fourth-order valence-electron chi connectivity index (χ4n) is 3.23. The van der Waals surface area contributed by atoms with Gasteiger partial charge in [0.15, 0.2) is 0 Å². The zero-order valence-electron chi connectivity index (χ0n) is 12.3. The predicted molar refractivity (Wildman–Crippen MR) is 79.9 cm³/mol. The minimum Gasteiger partial charge on any atom is -0.336 e. The molecule has 2 heterocycles. The van der Waals surface area contributed by atoms with Crippen LogP contribution >= 0.6 is 0 Å². The maximum Gasteiger partial charge on any atom is 0.255 e. The molecule has 2 fully saturated rings. The number of nitrogens with zero attached hydrogens (tertiary/aromatic N) is 4. The third kappa shape index (κ3) is 2.78. The van der Waals surface area contributed by atoms with Gasteiger partial charge in [0.25, 0.3) is 5.91 Å². The average molecular weight is 284 g/mol. The second kappa shape index (κ2) is 5.84. The van der Waals surface area contributed by atoms with Gasteiger partial charge in [0.1, 0.15) is 0 Å². The van der Waals surface area contributed by atoms with Crippen LogP contribution in [-0.4, -0.2) is 73.0 Å². The van der Waals surface area contributed by atoms with Gasteiger partial charge in [-0.3, -0.25) is 9.69 Å².